The summed E-state index contributed by atoms with van der Waals surface area (Å²) in [6.07, 6.45) is 11.3. The van der Waals surface area contributed by atoms with Gasteiger partial charge in [0.1, 0.15) is 0 Å². The van der Waals surface area contributed by atoms with E-state index in [2.05, 4.69) is 19.8 Å². The van der Waals surface area contributed by atoms with Crippen LogP contribution in [0.15, 0.2) is 0 Å². The van der Waals surface area contributed by atoms with Crippen molar-refractivity contribution < 1.29 is 4.79 Å². The second-order valence-corrected chi connectivity index (χ2v) is 5.67. The van der Waals surface area contributed by atoms with Gasteiger partial charge >= 0.3 is 0 Å². The molecule has 0 aromatic heterocycles. The predicted octanol–water partition coefficient (Wildman–Crippen LogP) is 2.15. The molecule has 0 aromatic carbocycles. The largest absolute Gasteiger partial charge is 0.338 e. The van der Waals surface area contributed by atoms with Gasteiger partial charge in [-0.1, -0.05) is 26.7 Å². The van der Waals surface area contributed by atoms with E-state index in [-0.39, 0.29) is 5.91 Å². The molecule has 18 heavy (non-hydrogen) atoms. The number of carbonyl (C=O) groups excluding carboxylic acids is 1. The van der Waals surface area contributed by atoms with Gasteiger partial charge in [-0.2, -0.15) is 0 Å². The molecule has 0 aromatic rings. The van der Waals surface area contributed by atoms with Crippen molar-refractivity contribution in [2.45, 2.75) is 64.5 Å². The van der Waals surface area contributed by atoms with E-state index >= 15 is 0 Å². The Morgan fingerprint density at radius 1 is 1.44 bits per heavy atom. The van der Waals surface area contributed by atoms with Crippen LogP contribution in [0.25, 0.3) is 0 Å². The van der Waals surface area contributed by atoms with Crippen LogP contribution in [-0.4, -0.2) is 29.4 Å². The Balaban J connectivity index is 2.63. The number of carbonyl (C=O) groups is 1. The second-order valence-electron chi connectivity index (χ2n) is 5.67. The first-order valence-corrected chi connectivity index (χ1v) is 7.05. The van der Waals surface area contributed by atoms with Crippen LogP contribution in [0, 0.1) is 18.3 Å². The molecule has 0 aliphatic heterocycles. The van der Waals surface area contributed by atoms with Gasteiger partial charge in [0.25, 0.3) is 0 Å². The van der Waals surface area contributed by atoms with Crippen LogP contribution in [0.4, 0.5) is 0 Å². The van der Waals surface area contributed by atoms with Crippen molar-refractivity contribution in [1.29, 1.82) is 0 Å². The zero-order valence-corrected chi connectivity index (χ0v) is 11.7. The Labute approximate surface area is 111 Å². The molecule has 0 spiro atoms. The molecule has 2 N–H and O–H groups in total. The topological polar surface area (TPSA) is 46.3 Å². The first-order chi connectivity index (χ1) is 8.56. The number of hydrogen-bond acceptors (Lipinski definition) is 2. The lowest BCUT2D eigenvalue weighted by Crippen LogP contribution is -2.48. The number of nitrogens with zero attached hydrogens (tertiary/aromatic N) is 1. The van der Waals surface area contributed by atoms with Gasteiger partial charge in [0, 0.05) is 19.0 Å². The number of terminal acetylenes is 1. The highest BCUT2D eigenvalue weighted by molar-refractivity contribution is 5.82. The van der Waals surface area contributed by atoms with Gasteiger partial charge in [0.15, 0.2) is 0 Å². The monoisotopic (exact) mass is 250 g/mol. The molecule has 0 bridgehead atoms. The lowest BCUT2D eigenvalue weighted by Gasteiger charge is -2.31. The van der Waals surface area contributed by atoms with Crippen molar-refractivity contribution in [3.05, 3.63) is 0 Å². The van der Waals surface area contributed by atoms with Gasteiger partial charge in [-0.25, -0.2) is 0 Å². The van der Waals surface area contributed by atoms with Gasteiger partial charge in [0.05, 0.1) is 6.04 Å². The fourth-order valence-electron chi connectivity index (χ4n) is 2.51. The number of hydrogen-bond donors (Lipinski definition) is 1. The van der Waals surface area contributed by atoms with Gasteiger partial charge in [-0.3, -0.25) is 4.79 Å². The summed E-state index contributed by atoms with van der Waals surface area (Å²) >= 11 is 0. The summed E-state index contributed by atoms with van der Waals surface area (Å²) < 4.78 is 0. The molecule has 1 aliphatic rings. The SMILES string of the molecule is C#CCC(N)C(=O)N(CCC(C)C)C1CCCC1. The molecule has 1 fully saturated rings. The minimum Gasteiger partial charge on any atom is -0.338 e. The van der Waals surface area contributed by atoms with Crippen molar-refractivity contribution in [2.75, 3.05) is 6.54 Å². The van der Waals surface area contributed by atoms with Gasteiger partial charge in [0.2, 0.25) is 5.91 Å². The molecule has 102 valence electrons. The highest BCUT2D eigenvalue weighted by atomic mass is 16.2. The van der Waals surface area contributed by atoms with Crippen molar-refractivity contribution in [2.24, 2.45) is 11.7 Å². The fraction of sp³-hybridized carbons (Fsp3) is 0.800. The highest BCUT2D eigenvalue weighted by Crippen LogP contribution is 2.24. The van der Waals surface area contributed by atoms with E-state index in [4.69, 9.17) is 12.2 Å². The van der Waals surface area contributed by atoms with Crippen LogP contribution < -0.4 is 5.73 Å². The van der Waals surface area contributed by atoms with E-state index in [1.54, 1.807) is 0 Å². The average molecular weight is 250 g/mol. The van der Waals surface area contributed by atoms with Crippen molar-refractivity contribution >= 4 is 5.91 Å². The highest BCUT2D eigenvalue weighted by Gasteiger charge is 2.29. The fourth-order valence-corrected chi connectivity index (χ4v) is 2.51. The lowest BCUT2D eigenvalue weighted by molar-refractivity contribution is -0.135. The van der Waals surface area contributed by atoms with Crippen LogP contribution in [0.3, 0.4) is 0 Å². The maximum absolute atomic E-state index is 12.3. The van der Waals surface area contributed by atoms with Crippen LogP contribution in [-0.2, 0) is 4.79 Å². The summed E-state index contributed by atoms with van der Waals surface area (Å²) in [5.41, 5.74) is 5.87. The van der Waals surface area contributed by atoms with E-state index in [0.29, 0.717) is 18.4 Å². The average Bonchev–Trinajstić information content (AvgIpc) is 2.82. The number of amides is 1. The molecule has 0 heterocycles. The molecular formula is C15H26N2O. The summed E-state index contributed by atoms with van der Waals surface area (Å²) in [5, 5.41) is 0. The van der Waals surface area contributed by atoms with Crippen LogP contribution in [0.1, 0.15) is 52.4 Å². The number of nitrogens with two attached hydrogens (primary N) is 1. The third-order valence-corrected chi connectivity index (χ3v) is 3.65. The van der Waals surface area contributed by atoms with Gasteiger partial charge < -0.3 is 10.6 Å². The molecule has 0 saturated heterocycles. The van der Waals surface area contributed by atoms with Crippen LogP contribution in [0.2, 0.25) is 0 Å². The summed E-state index contributed by atoms with van der Waals surface area (Å²) in [6.45, 7) is 5.18. The van der Waals surface area contributed by atoms with E-state index in [0.717, 1.165) is 25.8 Å². The van der Waals surface area contributed by atoms with Crippen LogP contribution >= 0.6 is 0 Å². The normalized spacial score (nSPS) is 17.7. The second kappa shape index (κ2) is 7.43. The molecule has 1 atom stereocenters. The zero-order valence-electron chi connectivity index (χ0n) is 11.7. The standard InChI is InChI=1S/C15H26N2O/c1-4-7-14(16)15(18)17(11-10-12(2)3)13-8-5-6-9-13/h1,12-14H,5-11,16H2,2-3H3. The molecule has 3 nitrogen and oxygen atoms in total. The summed E-state index contributed by atoms with van der Waals surface area (Å²) in [6, 6.07) is -0.136. The van der Waals surface area contributed by atoms with Crippen molar-refractivity contribution in [3.8, 4) is 12.3 Å². The van der Waals surface area contributed by atoms with Crippen molar-refractivity contribution in [1.82, 2.24) is 4.90 Å². The summed E-state index contributed by atoms with van der Waals surface area (Å²) in [5.74, 6) is 3.13. The first-order valence-electron chi connectivity index (χ1n) is 7.05. The van der Waals surface area contributed by atoms with E-state index in [1.807, 2.05) is 4.90 Å². The smallest absolute Gasteiger partial charge is 0.240 e. The Morgan fingerprint density at radius 2 is 2.06 bits per heavy atom. The third kappa shape index (κ3) is 4.34. The zero-order chi connectivity index (χ0) is 13.5. The maximum atomic E-state index is 12.3. The molecule has 1 saturated carbocycles. The first kappa shape index (κ1) is 15.0. The Bertz CT molecular complexity index is 300. The summed E-state index contributed by atoms with van der Waals surface area (Å²) in [4.78, 5) is 14.3. The predicted molar refractivity (Wildman–Crippen MR) is 74.8 cm³/mol. The molecule has 1 amide bonds. The minimum absolute atomic E-state index is 0.0421. The third-order valence-electron chi connectivity index (χ3n) is 3.65. The molecule has 3 heteroatoms. The molecule has 1 aliphatic carbocycles. The van der Waals surface area contributed by atoms with Crippen LogP contribution in [0.5, 0.6) is 0 Å². The Kier molecular flexibility index (Phi) is 6.21. The maximum Gasteiger partial charge on any atom is 0.240 e. The molecule has 1 unspecified atom stereocenters. The minimum atomic E-state index is -0.525. The van der Waals surface area contributed by atoms with E-state index < -0.39 is 6.04 Å². The van der Waals surface area contributed by atoms with E-state index in [9.17, 15) is 4.79 Å². The summed E-state index contributed by atoms with van der Waals surface area (Å²) in [7, 11) is 0. The van der Waals surface area contributed by atoms with E-state index in [1.165, 1.54) is 12.8 Å². The molecular weight excluding hydrogens is 224 g/mol. The molecule has 1 rings (SSSR count). The van der Waals surface area contributed by atoms with Gasteiger partial charge in [-0.05, 0) is 25.2 Å². The number of rotatable bonds is 6. The van der Waals surface area contributed by atoms with Crippen molar-refractivity contribution in [3.63, 3.8) is 0 Å². The lowest BCUT2D eigenvalue weighted by atomic mass is 10.1. The Morgan fingerprint density at radius 3 is 2.56 bits per heavy atom. The van der Waals surface area contributed by atoms with Gasteiger partial charge in [-0.15, -0.1) is 12.3 Å². The molecule has 0 radical (unpaired) electrons. The quantitative estimate of drug-likeness (QED) is 0.734. The Hall–Kier alpha value is -1.01.